The van der Waals surface area contributed by atoms with Gasteiger partial charge in [-0.2, -0.15) is 0 Å². The van der Waals surface area contributed by atoms with E-state index in [-0.39, 0.29) is 36.1 Å². The second kappa shape index (κ2) is 15.4. The minimum Gasteiger partial charge on any atom is -0.497 e. The first-order chi connectivity index (χ1) is 22.7. The first-order valence-electron chi connectivity index (χ1n) is 15.0. The van der Waals surface area contributed by atoms with Crippen LogP contribution in [0.1, 0.15) is 35.6 Å². The van der Waals surface area contributed by atoms with E-state index in [0.717, 1.165) is 5.56 Å². The number of carbonyl (C=O) groups is 1. The number of rotatable bonds is 15. The third kappa shape index (κ3) is 8.30. The molecule has 0 bridgehead atoms. The first-order valence-corrected chi connectivity index (χ1v) is 17.1. The summed E-state index contributed by atoms with van der Waals surface area (Å²) in [4.78, 5) is 19.4. The average molecular weight is 678 g/mol. The van der Waals surface area contributed by atoms with Gasteiger partial charge in [0, 0.05) is 36.6 Å². The van der Waals surface area contributed by atoms with Gasteiger partial charge in [0.25, 0.3) is 5.91 Å². The highest BCUT2D eigenvalue weighted by Crippen LogP contribution is 2.43. The van der Waals surface area contributed by atoms with Crippen LogP contribution in [0.4, 0.5) is 0 Å². The second-order valence-electron chi connectivity index (χ2n) is 10.9. The predicted molar refractivity (Wildman–Crippen MR) is 179 cm³/mol. The van der Waals surface area contributed by atoms with Crippen molar-refractivity contribution in [2.45, 2.75) is 35.9 Å². The summed E-state index contributed by atoms with van der Waals surface area (Å²) < 4.78 is 44.7. The van der Waals surface area contributed by atoms with Crippen molar-refractivity contribution in [3.8, 4) is 11.5 Å². The Balaban J connectivity index is 1.53. The molecule has 1 heterocycles. The van der Waals surface area contributed by atoms with Crippen molar-refractivity contribution in [3.05, 3.63) is 125 Å². The van der Waals surface area contributed by atoms with Crippen LogP contribution in [0, 0.1) is 0 Å². The van der Waals surface area contributed by atoms with E-state index < -0.39 is 27.4 Å². The van der Waals surface area contributed by atoms with E-state index in [9.17, 15) is 13.2 Å². The van der Waals surface area contributed by atoms with Crippen LogP contribution >= 0.6 is 11.6 Å². The molecule has 47 heavy (non-hydrogen) atoms. The van der Waals surface area contributed by atoms with Gasteiger partial charge in [-0.05, 0) is 71.8 Å². The summed E-state index contributed by atoms with van der Waals surface area (Å²) in [7, 11) is -2.27. The fourth-order valence-electron chi connectivity index (χ4n) is 5.19. The predicted octanol–water partition coefficient (Wildman–Crippen LogP) is 5.05. The Bertz CT molecular complexity index is 1800. The fourth-order valence-corrected chi connectivity index (χ4v) is 6.79. The molecule has 0 aromatic heterocycles. The molecule has 10 nitrogen and oxygen atoms in total. The summed E-state index contributed by atoms with van der Waals surface area (Å²) in [6.45, 7) is 0.628. The van der Waals surface area contributed by atoms with E-state index in [0.29, 0.717) is 40.7 Å². The summed E-state index contributed by atoms with van der Waals surface area (Å²) in [5, 5.41) is 9.61. The molecule has 0 saturated heterocycles. The summed E-state index contributed by atoms with van der Waals surface area (Å²) in [5.74, 6) is 0.343. The summed E-state index contributed by atoms with van der Waals surface area (Å²) in [6, 6.07) is 29.3. The number of sulfone groups is 1. The zero-order valence-corrected chi connectivity index (χ0v) is 27.3. The van der Waals surface area contributed by atoms with Crippen LogP contribution in [0.3, 0.4) is 0 Å². The van der Waals surface area contributed by atoms with E-state index in [2.05, 4.69) is 10.9 Å². The SMILES string of the molecule is COc1cccc([C@@H]2OC(c3ccc(OCCCO)cc3)=N[C@]2(CCS(=O)(=O)c2ccccc2)C(=O)NNCc2cccc(Cl)c2)c1. The van der Waals surface area contributed by atoms with Crippen LogP contribution in [0.5, 0.6) is 11.5 Å². The maximum atomic E-state index is 14.3. The molecule has 5 rings (SSSR count). The number of benzene rings is 4. The molecule has 1 amide bonds. The number of methoxy groups -OCH3 is 1. The molecule has 4 aromatic carbocycles. The van der Waals surface area contributed by atoms with Crippen LogP contribution in [0.25, 0.3) is 0 Å². The number of hydrogen-bond acceptors (Lipinski definition) is 9. The van der Waals surface area contributed by atoms with Gasteiger partial charge in [0.15, 0.2) is 21.5 Å². The van der Waals surface area contributed by atoms with Crippen molar-refractivity contribution >= 4 is 33.2 Å². The number of aliphatic hydroxyl groups is 1. The zero-order chi connectivity index (χ0) is 33.3. The van der Waals surface area contributed by atoms with Crippen molar-refractivity contribution in [2.75, 3.05) is 26.1 Å². The van der Waals surface area contributed by atoms with Gasteiger partial charge in [-0.1, -0.05) is 54.1 Å². The number of hydrazine groups is 1. The number of aliphatic imine (C=N–C) groups is 1. The monoisotopic (exact) mass is 677 g/mol. The molecule has 246 valence electrons. The van der Waals surface area contributed by atoms with Crippen LogP contribution in [-0.4, -0.2) is 56.9 Å². The van der Waals surface area contributed by atoms with Crippen molar-refractivity contribution in [3.63, 3.8) is 0 Å². The molecule has 0 unspecified atom stereocenters. The second-order valence-corrected chi connectivity index (χ2v) is 13.4. The van der Waals surface area contributed by atoms with Gasteiger partial charge in [0.2, 0.25) is 5.90 Å². The summed E-state index contributed by atoms with van der Waals surface area (Å²) in [6.07, 6.45) is -0.705. The number of halogens is 1. The standard InChI is InChI=1S/C35H36ClN3O7S/c1-44-30-11-6-9-27(23-30)32-35(18-21-47(42,43)31-12-3-2-4-13-31,34(41)39-37-24-25-8-5-10-28(36)22-25)38-33(46-32)26-14-16-29(17-15-26)45-20-7-19-40/h2-6,8-17,22-23,32,37,40H,7,18-21,24H2,1H3,(H,39,41)/t32-,35-/m0/s1. The molecule has 4 aromatic rings. The molecule has 0 radical (unpaired) electrons. The maximum absolute atomic E-state index is 14.3. The third-order valence-electron chi connectivity index (χ3n) is 7.66. The number of hydrogen-bond donors (Lipinski definition) is 3. The Kier molecular flexibility index (Phi) is 11.2. The van der Waals surface area contributed by atoms with E-state index in [1.807, 2.05) is 6.07 Å². The van der Waals surface area contributed by atoms with Crippen molar-refractivity contribution in [1.29, 1.82) is 0 Å². The molecule has 1 aliphatic heterocycles. The lowest BCUT2D eigenvalue weighted by atomic mass is 9.85. The largest absolute Gasteiger partial charge is 0.497 e. The molecule has 2 atom stereocenters. The maximum Gasteiger partial charge on any atom is 0.266 e. The van der Waals surface area contributed by atoms with E-state index in [1.165, 1.54) is 19.2 Å². The smallest absolute Gasteiger partial charge is 0.266 e. The quantitative estimate of drug-likeness (QED) is 0.118. The lowest BCUT2D eigenvalue weighted by Gasteiger charge is -2.30. The Morgan fingerprint density at radius 2 is 1.74 bits per heavy atom. The topological polar surface area (TPSA) is 136 Å². The summed E-state index contributed by atoms with van der Waals surface area (Å²) >= 11 is 6.14. The minimum absolute atomic E-state index is 0.0203. The minimum atomic E-state index is -3.80. The number of nitrogens with zero attached hydrogens (tertiary/aromatic N) is 1. The number of amides is 1. The lowest BCUT2D eigenvalue weighted by Crippen LogP contribution is -2.53. The van der Waals surface area contributed by atoms with Crippen molar-refractivity contribution in [2.24, 2.45) is 4.99 Å². The molecular formula is C35H36ClN3O7S. The van der Waals surface area contributed by atoms with Gasteiger partial charge in [0.1, 0.15) is 11.5 Å². The Labute approximate surface area is 279 Å². The van der Waals surface area contributed by atoms with Gasteiger partial charge in [-0.3, -0.25) is 10.2 Å². The number of ether oxygens (including phenoxy) is 3. The molecule has 3 N–H and O–H groups in total. The first kappa shape index (κ1) is 33.9. The molecule has 1 aliphatic rings. The van der Waals surface area contributed by atoms with Crippen molar-refractivity contribution in [1.82, 2.24) is 10.9 Å². The highest BCUT2D eigenvalue weighted by Gasteiger charge is 2.53. The van der Waals surface area contributed by atoms with Gasteiger partial charge in [-0.15, -0.1) is 0 Å². The molecule has 0 saturated carbocycles. The van der Waals surface area contributed by atoms with E-state index in [4.69, 9.17) is 35.9 Å². The normalized spacial score (nSPS) is 17.4. The Morgan fingerprint density at radius 3 is 2.47 bits per heavy atom. The van der Waals surface area contributed by atoms with Crippen LogP contribution < -0.4 is 20.3 Å². The molecule has 12 heteroatoms. The van der Waals surface area contributed by atoms with E-state index in [1.54, 1.807) is 84.9 Å². The van der Waals surface area contributed by atoms with E-state index >= 15 is 0 Å². The number of nitrogens with one attached hydrogen (secondary N) is 2. The Hall–Kier alpha value is -4.42. The highest BCUT2D eigenvalue weighted by molar-refractivity contribution is 7.91. The van der Waals surface area contributed by atoms with Crippen LogP contribution in [-0.2, 0) is 25.9 Å². The molecule has 0 spiro atoms. The Morgan fingerprint density at radius 1 is 0.979 bits per heavy atom. The van der Waals surface area contributed by atoms with Gasteiger partial charge < -0.3 is 19.3 Å². The highest BCUT2D eigenvalue weighted by atomic mass is 35.5. The summed E-state index contributed by atoms with van der Waals surface area (Å²) in [5.41, 5.74) is 5.98. The lowest BCUT2D eigenvalue weighted by molar-refractivity contribution is -0.130. The van der Waals surface area contributed by atoms with Crippen molar-refractivity contribution < 1.29 is 32.5 Å². The zero-order valence-electron chi connectivity index (χ0n) is 25.8. The third-order valence-corrected chi connectivity index (χ3v) is 9.63. The van der Waals surface area contributed by atoms with Crippen LogP contribution in [0.15, 0.2) is 113 Å². The van der Waals surface area contributed by atoms with Gasteiger partial charge in [0.05, 0.1) is 24.4 Å². The molecule has 0 fully saturated rings. The fraction of sp³-hybridized carbons (Fsp3) is 0.257. The molecule has 0 aliphatic carbocycles. The average Bonchev–Trinajstić information content (AvgIpc) is 3.49. The number of carbonyl (C=O) groups excluding carboxylic acids is 1. The van der Waals surface area contributed by atoms with Crippen LogP contribution in [0.2, 0.25) is 5.02 Å². The molecular weight excluding hydrogens is 642 g/mol. The van der Waals surface area contributed by atoms with Gasteiger partial charge >= 0.3 is 0 Å². The number of aliphatic hydroxyl groups excluding tert-OH is 1. The van der Waals surface area contributed by atoms with Gasteiger partial charge in [-0.25, -0.2) is 18.8 Å².